The number of carbonyl (C=O) groups is 1. The minimum absolute atomic E-state index is 0.0302. The Morgan fingerprint density at radius 1 is 1.24 bits per heavy atom. The van der Waals surface area contributed by atoms with Gasteiger partial charge in [-0.05, 0) is 38.0 Å². The number of thiazole rings is 1. The van der Waals surface area contributed by atoms with Gasteiger partial charge in [0.05, 0.1) is 10.7 Å². The van der Waals surface area contributed by atoms with Crippen molar-refractivity contribution in [1.29, 1.82) is 0 Å². The molecule has 0 atom stereocenters. The minimum atomic E-state index is -0.239. The van der Waals surface area contributed by atoms with Crippen molar-refractivity contribution in [3.05, 3.63) is 51.2 Å². The van der Waals surface area contributed by atoms with Crippen molar-refractivity contribution in [2.75, 3.05) is 6.54 Å². The van der Waals surface area contributed by atoms with Gasteiger partial charge in [-0.3, -0.25) is 4.79 Å². The van der Waals surface area contributed by atoms with E-state index in [4.69, 9.17) is 0 Å². The van der Waals surface area contributed by atoms with Crippen LogP contribution in [0.25, 0.3) is 0 Å². The van der Waals surface area contributed by atoms with Gasteiger partial charge >= 0.3 is 0 Å². The van der Waals surface area contributed by atoms with Crippen LogP contribution in [0.4, 0.5) is 4.39 Å². The largest absolute Gasteiger partial charge is 0.356 e. The van der Waals surface area contributed by atoms with Crippen molar-refractivity contribution in [3.63, 3.8) is 0 Å². The Morgan fingerprint density at radius 2 is 1.95 bits per heavy atom. The van der Waals surface area contributed by atoms with Gasteiger partial charge in [0.15, 0.2) is 0 Å². The maximum absolute atomic E-state index is 12.8. The maximum Gasteiger partial charge on any atom is 0.220 e. The van der Waals surface area contributed by atoms with Gasteiger partial charge in [0.1, 0.15) is 5.82 Å². The molecule has 0 aliphatic rings. The molecule has 0 unspecified atom stereocenters. The standard InChI is InChI=1S/C16H19FN2OS/c1-11-12(2)21-16(19-11)8-7-15(20)18-10-9-13-3-5-14(17)6-4-13/h3-6H,7-10H2,1-2H3,(H,18,20). The molecule has 0 radical (unpaired) electrons. The van der Waals surface area contributed by atoms with Crippen LogP contribution in [0, 0.1) is 19.7 Å². The number of nitrogens with one attached hydrogen (secondary N) is 1. The summed E-state index contributed by atoms with van der Waals surface area (Å²) in [5, 5.41) is 3.89. The molecular weight excluding hydrogens is 287 g/mol. The Labute approximate surface area is 128 Å². The number of aryl methyl sites for hydroxylation is 3. The molecule has 3 nitrogen and oxygen atoms in total. The number of nitrogens with zero attached hydrogens (tertiary/aromatic N) is 1. The lowest BCUT2D eigenvalue weighted by molar-refractivity contribution is -0.121. The van der Waals surface area contributed by atoms with Crippen LogP contribution in [0.1, 0.15) is 27.6 Å². The average molecular weight is 306 g/mol. The molecule has 112 valence electrons. The summed E-state index contributed by atoms with van der Waals surface area (Å²) in [5.74, 6) is -0.209. The number of aromatic nitrogens is 1. The molecular formula is C16H19FN2OS. The molecule has 0 aliphatic carbocycles. The van der Waals surface area contributed by atoms with Gasteiger partial charge < -0.3 is 5.32 Å². The van der Waals surface area contributed by atoms with E-state index in [0.29, 0.717) is 25.8 Å². The number of hydrogen-bond acceptors (Lipinski definition) is 3. The molecule has 0 saturated carbocycles. The maximum atomic E-state index is 12.8. The van der Waals surface area contributed by atoms with E-state index in [1.54, 1.807) is 23.5 Å². The number of carbonyl (C=O) groups excluding carboxylic acids is 1. The molecule has 0 aliphatic heterocycles. The van der Waals surface area contributed by atoms with Crippen LogP contribution in [0.3, 0.4) is 0 Å². The molecule has 1 heterocycles. The molecule has 2 aromatic rings. The molecule has 0 saturated heterocycles. The zero-order chi connectivity index (χ0) is 15.2. The summed E-state index contributed by atoms with van der Waals surface area (Å²) in [6, 6.07) is 6.35. The minimum Gasteiger partial charge on any atom is -0.356 e. The van der Waals surface area contributed by atoms with Gasteiger partial charge in [-0.15, -0.1) is 11.3 Å². The molecule has 1 aromatic carbocycles. The van der Waals surface area contributed by atoms with Gasteiger partial charge in [-0.25, -0.2) is 9.37 Å². The highest BCUT2D eigenvalue weighted by Gasteiger charge is 2.07. The van der Waals surface area contributed by atoms with Crippen LogP contribution in [0.5, 0.6) is 0 Å². The van der Waals surface area contributed by atoms with Crippen molar-refractivity contribution in [2.24, 2.45) is 0 Å². The number of hydrogen-bond donors (Lipinski definition) is 1. The molecule has 1 N–H and O–H groups in total. The second-order valence-corrected chi connectivity index (χ2v) is 6.26. The van der Waals surface area contributed by atoms with Crippen LogP contribution in [-0.4, -0.2) is 17.4 Å². The van der Waals surface area contributed by atoms with Gasteiger partial charge in [0.2, 0.25) is 5.91 Å². The van der Waals surface area contributed by atoms with Crippen molar-refractivity contribution in [1.82, 2.24) is 10.3 Å². The lowest BCUT2D eigenvalue weighted by atomic mass is 10.1. The number of halogens is 1. The molecule has 21 heavy (non-hydrogen) atoms. The Hall–Kier alpha value is -1.75. The highest BCUT2D eigenvalue weighted by molar-refractivity contribution is 7.11. The Balaban J connectivity index is 1.69. The third kappa shape index (κ3) is 4.93. The lowest BCUT2D eigenvalue weighted by Crippen LogP contribution is -2.25. The Kier molecular flexibility index (Phi) is 5.44. The number of benzene rings is 1. The first kappa shape index (κ1) is 15.6. The first-order valence-corrected chi connectivity index (χ1v) is 7.80. The van der Waals surface area contributed by atoms with E-state index in [0.717, 1.165) is 16.3 Å². The third-order valence-electron chi connectivity index (χ3n) is 3.29. The van der Waals surface area contributed by atoms with E-state index >= 15 is 0 Å². The van der Waals surface area contributed by atoms with E-state index in [9.17, 15) is 9.18 Å². The normalized spacial score (nSPS) is 10.6. The highest BCUT2D eigenvalue weighted by atomic mass is 32.1. The fraction of sp³-hybridized carbons (Fsp3) is 0.375. The first-order valence-electron chi connectivity index (χ1n) is 6.98. The SMILES string of the molecule is Cc1nc(CCC(=O)NCCc2ccc(F)cc2)sc1C. The zero-order valence-corrected chi connectivity index (χ0v) is 13.1. The average Bonchev–Trinajstić information content (AvgIpc) is 2.78. The zero-order valence-electron chi connectivity index (χ0n) is 12.3. The lowest BCUT2D eigenvalue weighted by Gasteiger charge is -2.04. The van der Waals surface area contributed by atoms with E-state index in [1.807, 2.05) is 13.8 Å². The van der Waals surface area contributed by atoms with E-state index in [-0.39, 0.29) is 11.7 Å². The predicted octanol–water partition coefficient (Wildman–Crippen LogP) is 3.19. The fourth-order valence-corrected chi connectivity index (χ4v) is 2.89. The molecule has 5 heteroatoms. The first-order chi connectivity index (χ1) is 10.0. The molecule has 0 fully saturated rings. The van der Waals surface area contributed by atoms with Crippen LogP contribution in [0.2, 0.25) is 0 Å². The predicted molar refractivity (Wildman–Crippen MR) is 83.0 cm³/mol. The summed E-state index contributed by atoms with van der Waals surface area (Å²) < 4.78 is 12.8. The van der Waals surface area contributed by atoms with Crippen LogP contribution in [-0.2, 0) is 17.6 Å². The van der Waals surface area contributed by atoms with Crippen LogP contribution >= 0.6 is 11.3 Å². The van der Waals surface area contributed by atoms with E-state index < -0.39 is 0 Å². The number of rotatable bonds is 6. The number of amides is 1. The quantitative estimate of drug-likeness (QED) is 0.890. The summed E-state index contributed by atoms with van der Waals surface area (Å²) in [7, 11) is 0. The second-order valence-electron chi connectivity index (χ2n) is 4.98. The molecule has 0 bridgehead atoms. The van der Waals surface area contributed by atoms with E-state index in [2.05, 4.69) is 10.3 Å². The third-order valence-corrected chi connectivity index (χ3v) is 4.42. The fourth-order valence-electron chi connectivity index (χ4n) is 1.95. The summed E-state index contributed by atoms with van der Waals surface area (Å²) in [4.78, 5) is 17.4. The van der Waals surface area contributed by atoms with Gasteiger partial charge in [0.25, 0.3) is 0 Å². The summed E-state index contributed by atoms with van der Waals surface area (Å²) in [6.07, 6.45) is 1.85. The molecule has 2 rings (SSSR count). The Morgan fingerprint density at radius 3 is 2.57 bits per heavy atom. The van der Waals surface area contributed by atoms with Gasteiger partial charge in [-0.1, -0.05) is 12.1 Å². The Bertz CT molecular complexity index is 588. The van der Waals surface area contributed by atoms with Gasteiger partial charge in [0, 0.05) is 24.3 Å². The smallest absolute Gasteiger partial charge is 0.220 e. The van der Waals surface area contributed by atoms with Crippen molar-refractivity contribution >= 4 is 17.2 Å². The van der Waals surface area contributed by atoms with E-state index in [1.165, 1.54) is 17.0 Å². The van der Waals surface area contributed by atoms with Crippen LogP contribution in [0.15, 0.2) is 24.3 Å². The second kappa shape index (κ2) is 7.31. The molecule has 1 amide bonds. The summed E-state index contributed by atoms with van der Waals surface area (Å²) in [5.41, 5.74) is 2.06. The molecule has 1 aromatic heterocycles. The topological polar surface area (TPSA) is 42.0 Å². The van der Waals surface area contributed by atoms with Crippen LogP contribution < -0.4 is 5.32 Å². The van der Waals surface area contributed by atoms with Crippen molar-refractivity contribution in [3.8, 4) is 0 Å². The van der Waals surface area contributed by atoms with Crippen molar-refractivity contribution in [2.45, 2.75) is 33.1 Å². The summed E-state index contributed by atoms with van der Waals surface area (Å²) >= 11 is 1.65. The summed E-state index contributed by atoms with van der Waals surface area (Å²) in [6.45, 7) is 4.59. The monoisotopic (exact) mass is 306 g/mol. The molecule has 0 spiro atoms. The highest BCUT2D eigenvalue weighted by Crippen LogP contribution is 2.17. The van der Waals surface area contributed by atoms with Gasteiger partial charge in [-0.2, -0.15) is 0 Å². The van der Waals surface area contributed by atoms with Crippen molar-refractivity contribution < 1.29 is 9.18 Å².